The highest BCUT2D eigenvalue weighted by atomic mass is 35.5. The van der Waals surface area contributed by atoms with Gasteiger partial charge in [0.2, 0.25) is 0 Å². The smallest absolute Gasteiger partial charge is 0.282 e. The third-order valence-corrected chi connectivity index (χ3v) is 5.45. The summed E-state index contributed by atoms with van der Waals surface area (Å²) in [6, 6.07) is 17.3. The van der Waals surface area contributed by atoms with E-state index in [-0.39, 0.29) is 11.3 Å². The van der Waals surface area contributed by atoms with Gasteiger partial charge in [0, 0.05) is 15.7 Å². The zero-order chi connectivity index (χ0) is 21.4. The molecular weight excluding hydrogens is 426 g/mol. The summed E-state index contributed by atoms with van der Waals surface area (Å²) in [5, 5.41) is 3.86. The number of hydrogen-bond acceptors (Lipinski definition) is 3. The standard InChI is InChI=1S/C23H15Cl2FN2O2/c1-13-18(25)6-3-7-19(13)28-22(29)20(14-8-10-15(24)11-9-14)21(23(28)30)27-17-5-2-4-16(26)12-17/h2-12,27H,1H3. The van der Waals surface area contributed by atoms with E-state index in [1.165, 1.54) is 18.2 Å². The number of carbonyl (C=O) groups excluding carboxylic acids is 2. The molecule has 1 heterocycles. The Bertz CT molecular complexity index is 1210. The molecule has 0 saturated heterocycles. The zero-order valence-electron chi connectivity index (χ0n) is 15.7. The number of halogens is 3. The lowest BCUT2D eigenvalue weighted by Crippen LogP contribution is -2.33. The summed E-state index contributed by atoms with van der Waals surface area (Å²) in [4.78, 5) is 27.8. The van der Waals surface area contributed by atoms with Crippen molar-refractivity contribution in [2.24, 2.45) is 0 Å². The van der Waals surface area contributed by atoms with Crippen LogP contribution in [0.5, 0.6) is 0 Å². The van der Waals surface area contributed by atoms with Crippen molar-refractivity contribution in [2.45, 2.75) is 6.92 Å². The number of rotatable bonds is 4. The van der Waals surface area contributed by atoms with Gasteiger partial charge < -0.3 is 5.32 Å². The van der Waals surface area contributed by atoms with E-state index in [1.807, 2.05) is 0 Å². The number of amides is 2. The van der Waals surface area contributed by atoms with E-state index >= 15 is 0 Å². The molecule has 4 nitrogen and oxygen atoms in total. The molecule has 0 unspecified atom stereocenters. The highest BCUT2D eigenvalue weighted by molar-refractivity contribution is 6.46. The summed E-state index contributed by atoms with van der Waals surface area (Å²) in [6.07, 6.45) is 0. The summed E-state index contributed by atoms with van der Waals surface area (Å²) in [6.45, 7) is 1.73. The maximum atomic E-state index is 13.7. The lowest BCUT2D eigenvalue weighted by Gasteiger charge is -2.18. The Hall–Kier alpha value is -3.15. The van der Waals surface area contributed by atoms with E-state index in [0.29, 0.717) is 32.5 Å². The second-order valence-electron chi connectivity index (χ2n) is 6.72. The molecule has 2 amide bonds. The van der Waals surface area contributed by atoms with Gasteiger partial charge in [-0.2, -0.15) is 0 Å². The van der Waals surface area contributed by atoms with Crippen molar-refractivity contribution in [2.75, 3.05) is 10.2 Å². The molecule has 1 aliphatic heterocycles. The molecule has 0 saturated carbocycles. The number of hydrogen-bond donors (Lipinski definition) is 1. The maximum absolute atomic E-state index is 13.7. The minimum Gasteiger partial charge on any atom is -0.350 e. The van der Waals surface area contributed by atoms with Gasteiger partial charge in [0.05, 0.1) is 11.3 Å². The molecule has 4 rings (SSSR count). The van der Waals surface area contributed by atoms with Crippen molar-refractivity contribution < 1.29 is 14.0 Å². The second kappa shape index (κ2) is 7.94. The van der Waals surface area contributed by atoms with Gasteiger partial charge in [0.15, 0.2) is 0 Å². The largest absolute Gasteiger partial charge is 0.350 e. The van der Waals surface area contributed by atoms with E-state index < -0.39 is 17.6 Å². The summed E-state index contributed by atoms with van der Waals surface area (Å²) in [5.41, 5.74) is 2.07. The number of nitrogens with zero attached hydrogens (tertiary/aromatic N) is 1. The van der Waals surface area contributed by atoms with Gasteiger partial charge in [-0.15, -0.1) is 0 Å². The fraction of sp³-hybridized carbons (Fsp3) is 0.0435. The van der Waals surface area contributed by atoms with Crippen molar-refractivity contribution in [1.82, 2.24) is 0 Å². The van der Waals surface area contributed by atoms with E-state index in [4.69, 9.17) is 23.2 Å². The van der Waals surface area contributed by atoms with Crippen molar-refractivity contribution in [1.29, 1.82) is 0 Å². The highest BCUT2D eigenvalue weighted by Crippen LogP contribution is 2.37. The molecule has 0 fully saturated rings. The monoisotopic (exact) mass is 440 g/mol. The molecule has 0 aliphatic carbocycles. The molecule has 7 heteroatoms. The van der Waals surface area contributed by atoms with Crippen LogP contribution in [0.2, 0.25) is 10.0 Å². The van der Waals surface area contributed by atoms with Crippen LogP contribution >= 0.6 is 23.2 Å². The molecule has 1 aliphatic rings. The van der Waals surface area contributed by atoms with Gasteiger partial charge in [0.25, 0.3) is 11.8 Å². The van der Waals surface area contributed by atoms with Gasteiger partial charge >= 0.3 is 0 Å². The first-order valence-corrected chi connectivity index (χ1v) is 9.79. The molecule has 0 atom stereocenters. The number of nitrogens with one attached hydrogen (secondary N) is 1. The molecular formula is C23H15Cl2FN2O2. The molecule has 0 spiro atoms. The summed E-state index contributed by atoms with van der Waals surface area (Å²) < 4.78 is 13.7. The minimum absolute atomic E-state index is 0.0484. The first-order chi connectivity index (χ1) is 14.4. The van der Waals surface area contributed by atoms with E-state index in [2.05, 4.69) is 5.32 Å². The van der Waals surface area contributed by atoms with Gasteiger partial charge in [0.1, 0.15) is 11.5 Å². The quantitative estimate of drug-likeness (QED) is 0.518. The predicted octanol–water partition coefficient (Wildman–Crippen LogP) is 5.84. The topological polar surface area (TPSA) is 49.4 Å². The van der Waals surface area contributed by atoms with E-state index in [1.54, 1.807) is 55.5 Å². The van der Waals surface area contributed by atoms with E-state index in [9.17, 15) is 14.0 Å². The fourth-order valence-electron chi connectivity index (χ4n) is 3.30. The minimum atomic E-state index is -0.556. The van der Waals surface area contributed by atoms with Crippen LogP contribution in [0.15, 0.2) is 72.4 Å². The number of anilines is 2. The number of benzene rings is 3. The first kappa shape index (κ1) is 20.1. The van der Waals surface area contributed by atoms with Gasteiger partial charge in [-0.3, -0.25) is 9.59 Å². The van der Waals surface area contributed by atoms with Gasteiger partial charge in [-0.1, -0.05) is 47.5 Å². The number of imide groups is 1. The average Bonchev–Trinajstić information content (AvgIpc) is 2.95. The maximum Gasteiger partial charge on any atom is 0.282 e. The Labute approximate surface area is 182 Å². The molecule has 3 aromatic carbocycles. The molecule has 1 N–H and O–H groups in total. The normalized spacial score (nSPS) is 13.9. The van der Waals surface area contributed by atoms with Crippen molar-refractivity contribution >= 4 is 52.0 Å². The second-order valence-corrected chi connectivity index (χ2v) is 7.57. The number of carbonyl (C=O) groups is 2. The van der Waals surface area contributed by atoms with Crippen LogP contribution in [0.25, 0.3) is 5.57 Å². The van der Waals surface area contributed by atoms with Crippen LogP contribution < -0.4 is 10.2 Å². The van der Waals surface area contributed by atoms with Crippen LogP contribution in [0.3, 0.4) is 0 Å². The van der Waals surface area contributed by atoms with Crippen molar-refractivity contribution in [3.63, 3.8) is 0 Å². The predicted molar refractivity (Wildman–Crippen MR) is 117 cm³/mol. The van der Waals surface area contributed by atoms with Crippen LogP contribution in [-0.4, -0.2) is 11.8 Å². The molecule has 30 heavy (non-hydrogen) atoms. The van der Waals surface area contributed by atoms with E-state index in [0.717, 1.165) is 4.90 Å². The lowest BCUT2D eigenvalue weighted by atomic mass is 10.0. The van der Waals surface area contributed by atoms with Crippen LogP contribution in [-0.2, 0) is 9.59 Å². The first-order valence-electron chi connectivity index (χ1n) is 9.03. The Morgan fingerprint density at radius 2 is 1.60 bits per heavy atom. The third-order valence-electron chi connectivity index (χ3n) is 4.79. The fourth-order valence-corrected chi connectivity index (χ4v) is 3.59. The van der Waals surface area contributed by atoms with Crippen LogP contribution in [0.4, 0.5) is 15.8 Å². The van der Waals surface area contributed by atoms with Crippen LogP contribution in [0, 0.1) is 12.7 Å². The summed E-state index contributed by atoms with van der Waals surface area (Å²) in [7, 11) is 0. The Morgan fingerprint density at radius 3 is 2.30 bits per heavy atom. The molecule has 150 valence electrons. The van der Waals surface area contributed by atoms with Gasteiger partial charge in [-0.05, 0) is 60.5 Å². The van der Waals surface area contributed by atoms with Crippen molar-refractivity contribution in [3.8, 4) is 0 Å². The molecule has 3 aromatic rings. The Balaban J connectivity index is 1.86. The highest BCUT2D eigenvalue weighted by Gasteiger charge is 2.41. The van der Waals surface area contributed by atoms with Crippen molar-refractivity contribution in [3.05, 3.63) is 99.4 Å². The molecule has 0 bridgehead atoms. The average molecular weight is 441 g/mol. The van der Waals surface area contributed by atoms with Crippen LogP contribution in [0.1, 0.15) is 11.1 Å². The Kier molecular flexibility index (Phi) is 5.33. The third kappa shape index (κ3) is 3.58. The summed E-state index contributed by atoms with van der Waals surface area (Å²) >= 11 is 12.2. The SMILES string of the molecule is Cc1c(Cl)cccc1N1C(=O)C(Nc2cccc(F)c2)=C(c2ccc(Cl)cc2)C1=O. The van der Waals surface area contributed by atoms with Gasteiger partial charge in [-0.25, -0.2) is 9.29 Å². The lowest BCUT2D eigenvalue weighted by molar-refractivity contribution is -0.120. The molecule has 0 radical (unpaired) electrons. The summed E-state index contributed by atoms with van der Waals surface area (Å²) in [5.74, 6) is -1.53. The zero-order valence-corrected chi connectivity index (χ0v) is 17.3. The Morgan fingerprint density at radius 1 is 0.900 bits per heavy atom. The molecule has 0 aromatic heterocycles.